The van der Waals surface area contributed by atoms with Crippen molar-refractivity contribution in [2.45, 2.75) is 20.4 Å². The van der Waals surface area contributed by atoms with Crippen LogP contribution >= 0.6 is 0 Å². The maximum Gasteiger partial charge on any atom is 0.371 e. The van der Waals surface area contributed by atoms with Crippen molar-refractivity contribution in [2.24, 2.45) is 0 Å². The number of aromatic carboxylic acids is 1. The van der Waals surface area contributed by atoms with Gasteiger partial charge in [0.15, 0.2) is 0 Å². The second kappa shape index (κ2) is 6.14. The molecule has 0 aliphatic rings. The van der Waals surface area contributed by atoms with Crippen LogP contribution in [0.15, 0.2) is 34.7 Å². The molecule has 2 N–H and O–H groups in total. The number of furan rings is 1. The van der Waals surface area contributed by atoms with Crippen LogP contribution in [0.2, 0.25) is 0 Å². The molecule has 5 heteroatoms. The zero-order valence-corrected chi connectivity index (χ0v) is 11.5. The van der Waals surface area contributed by atoms with Gasteiger partial charge < -0.3 is 19.6 Å². The van der Waals surface area contributed by atoms with Gasteiger partial charge in [-0.2, -0.15) is 0 Å². The van der Waals surface area contributed by atoms with Crippen LogP contribution in [0.4, 0.5) is 5.69 Å². The van der Waals surface area contributed by atoms with Gasteiger partial charge in [-0.1, -0.05) is 6.07 Å². The third kappa shape index (κ3) is 3.32. The fraction of sp³-hybridized carbons (Fsp3) is 0.267. The standard InChI is InChI=1S/C15H17NO4/c1-3-19-13-6-4-5-12(8-13)16-9-11-7-14(15(17)18)20-10(11)2/h4-8,16H,3,9H2,1-2H3,(H,17,18). The summed E-state index contributed by atoms with van der Waals surface area (Å²) in [6.07, 6.45) is 0. The highest BCUT2D eigenvalue weighted by molar-refractivity contribution is 5.84. The number of rotatable bonds is 6. The van der Waals surface area contributed by atoms with Gasteiger partial charge in [0.05, 0.1) is 6.61 Å². The van der Waals surface area contributed by atoms with Crippen molar-refractivity contribution in [1.82, 2.24) is 0 Å². The van der Waals surface area contributed by atoms with Gasteiger partial charge in [-0.3, -0.25) is 0 Å². The highest BCUT2D eigenvalue weighted by atomic mass is 16.5. The van der Waals surface area contributed by atoms with Gasteiger partial charge in [-0.15, -0.1) is 0 Å². The lowest BCUT2D eigenvalue weighted by molar-refractivity contribution is 0.0661. The summed E-state index contributed by atoms with van der Waals surface area (Å²) in [6, 6.07) is 9.16. The molecule has 0 radical (unpaired) electrons. The van der Waals surface area contributed by atoms with E-state index in [2.05, 4.69) is 5.32 Å². The number of carboxylic acid groups (broad SMARTS) is 1. The molecule has 20 heavy (non-hydrogen) atoms. The molecule has 0 atom stereocenters. The molecule has 1 aromatic heterocycles. The number of anilines is 1. The summed E-state index contributed by atoms with van der Waals surface area (Å²) in [5.74, 6) is 0.309. The van der Waals surface area contributed by atoms with E-state index in [0.717, 1.165) is 17.0 Å². The minimum absolute atomic E-state index is 0.0395. The number of carboxylic acids is 1. The van der Waals surface area contributed by atoms with E-state index >= 15 is 0 Å². The third-order valence-corrected chi connectivity index (χ3v) is 2.86. The Morgan fingerprint density at radius 3 is 2.85 bits per heavy atom. The first kappa shape index (κ1) is 14.0. The average Bonchev–Trinajstić information content (AvgIpc) is 2.79. The minimum Gasteiger partial charge on any atom is -0.494 e. The molecule has 0 aliphatic carbocycles. The van der Waals surface area contributed by atoms with Crippen molar-refractivity contribution in [3.05, 3.63) is 47.4 Å². The van der Waals surface area contributed by atoms with E-state index in [0.29, 0.717) is 18.9 Å². The molecule has 0 spiro atoms. The van der Waals surface area contributed by atoms with Crippen molar-refractivity contribution >= 4 is 11.7 Å². The lowest BCUT2D eigenvalue weighted by Gasteiger charge is -2.08. The first-order valence-electron chi connectivity index (χ1n) is 6.39. The Balaban J connectivity index is 2.05. The van der Waals surface area contributed by atoms with Gasteiger partial charge in [-0.05, 0) is 32.0 Å². The van der Waals surface area contributed by atoms with Crippen molar-refractivity contribution in [3.8, 4) is 5.75 Å². The lowest BCUT2D eigenvalue weighted by atomic mass is 10.2. The van der Waals surface area contributed by atoms with Crippen molar-refractivity contribution < 1.29 is 19.1 Å². The Morgan fingerprint density at radius 1 is 1.40 bits per heavy atom. The maximum atomic E-state index is 10.8. The van der Waals surface area contributed by atoms with Gasteiger partial charge in [0, 0.05) is 23.9 Å². The van der Waals surface area contributed by atoms with Crippen LogP contribution in [-0.4, -0.2) is 17.7 Å². The van der Waals surface area contributed by atoms with Gasteiger partial charge in [-0.25, -0.2) is 4.79 Å². The Bertz CT molecular complexity index is 604. The van der Waals surface area contributed by atoms with E-state index in [1.165, 1.54) is 6.07 Å². The summed E-state index contributed by atoms with van der Waals surface area (Å²) in [5, 5.41) is 12.1. The highest BCUT2D eigenvalue weighted by Crippen LogP contribution is 2.20. The fourth-order valence-electron chi connectivity index (χ4n) is 1.86. The zero-order chi connectivity index (χ0) is 14.5. The summed E-state index contributed by atoms with van der Waals surface area (Å²) < 4.78 is 10.6. The molecule has 5 nitrogen and oxygen atoms in total. The first-order valence-corrected chi connectivity index (χ1v) is 6.39. The summed E-state index contributed by atoms with van der Waals surface area (Å²) in [6.45, 7) is 4.80. The summed E-state index contributed by atoms with van der Waals surface area (Å²) in [4.78, 5) is 10.8. The van der Waals surface area contributed by atoms with E-state index in [9.17, 15) is 4.79 Å². The molecular formula is C15H17NO4. The maximum absolute atomic E-state index is 10.8. The van der Waals surface area contributed by atoms with Crippen molar-refractivity contribution in [3.63, 3.8) is 0 Å². The lowest BCUT2D eigenvalue weighted by Crippen LogP contribution is -2.00. The highest BCUT2D eigenvalue weighted by Gasteiger charge is 2.12. The largest absolute Gasteiger partial charge is 0.494 e. The van der Waals surface area contributed by atoms with Gasteiger partial charge in [0.1, 0.15) is 11.5 Å². The van der Waals surface area contributed by atoms with E-state index in [4.69, 9.17) is 14.3 Å². The average molecular weight is 275 g/mol. The topological polar surface area (TPSA) is 71.7 Å². The second-order valence-electron chi connectivity index (χ2n) is 4.31. The fourth-order valence-corrected chi connectivity index (χ4v) is 1.86. The Morgan fingerprint density at radius 2 is 2.20 bits per heavy atom. The Hall–Kier alpha value is -2.43. The van der Waals surface area contributed by atoms with Crippen LogP contribution in [-0.2, 0) is 6.54 Å². The second-order valence-corrected chi connectivity index (χ2v) is 4.31. The normalized spacial score (nSPS) is 10.3. The molecule has 0 bridgehead atoms. The molecule has 0 saturated heterocycles. The van der Waals surface area contributed by atoms with Crippen LogP contribution in [0.3, 0.4) is 0 Å². The predicted molar refractivity (Wildman–Crippen MR) is 75.3 cm³/mol. The molecule has 0 fully saturated rings. The van der Waals surface area contributed by atoms with Crippen LogP contribution in [0.1, 0.15) is 28.8 Å². The number of ether oxygens (including phenoxy) is 1. The van der Waals surface area contributed by atoms with Gasteiger partial charge in [0.2, 0.25) is 5.76 Å². The number of hydrogen-bond donors (Lipinski definition) is 2. The number of nitrogens with one attached hydrogen (secondary N) is 1. The molecule has 106 valence electrons. The molecule has 2 aromatic rings. The van der Waals surface area contributed by atoms with Crippen LogP contribution in [0, 0.1) is 6.92 Å². The molecule has 0 saturated carbocycles. The predicted octanol–water partition coefficient (Wildman–Crippen LogP) is 3.30. The molecule has 0 amide bonds. The number of aryl methyl sites for hydroxylation is 1. The SMILES string of the molecule is CCOc1cccc(NCc2cc(C(=O)O)oc2C)c1. The summed E-state index contributed by atoms with van der Waals surface area (Å²) >= 11 is 0. The van der Waals surface area contributed by atoms with E-state index in [1.807, 2.05) is 31.2 Å². The molecule has 0 aliphatic heterocycles. The molecular weight excluding hydrogens is 258 g/mol. The van der Waals surface area contributed by atoms with Crippen molar-refractivity contribution in [2.75, 3.05) is 11.9 Å². The monoisotopic (exact) mass is 275 g/mol. The molecule has 1 aromatic carbocycles. The van der Waals surface area contributed by atoms with Gasteiger partial charge in [0.25, 0.3) is 0 Å². The van der Waals surface area contributed by atoms with Crippen LogP contribution < -0.4 is 10.1 Å². The smallest absolute Gasteiger partial charge is 0.371 e. The quantitative estimate of drug-likeness (QED) is 0.846. The number of hydrogen-bond acceptors (Lipinski definition) is 4. The summed E-state index contributed by atoms with van der Waals surface area (Å²) in [7, 11) is 0. The van der Waals surface area contributed by atoms with E-state index in [1.54, 1.807) is 6.92 Å². The Kier molecular flexibility index (Phi) is 4.30. The summed E-state index contributed by atoms with van der Waals surface area (Å²) in [5.41, 5.74) is 1.73. The molecule has 2 rings (SSSR count). The molecule has 1 heterocycles. The van der Waals surface area contributed by atoms with Crippen LogP contribution in [0.5, 0.6) is 5.75 Å². The first-order chi connectivity index (χ1) is 9.60. The zero-order valence-electron chi connectivity index (χ0n) is 11.5. The number of benzene rings is 1. The van der Waals surface area contributed by atoms with Crippen LogP contribution in [0.25, 0.3) is 0 Å². The Labute approximate surface area is 117 Å². The third-order valence-electron chi connectivity index (χ3n) is 2.86. The van der Waals surface area contributed by atoms with Crippen molar-refractivity contribution in [1.29, 1.82) is 0 Å². The molecule has 0 unspecified atom stereocenters. The minimum atomic E-state index is -1.06. The number of carbonyl (C=O) groups is 1. The van der Waals surface area contributed by atoms with E-state index in [-0.39, 0.29) is 5.76 Å². The van der Waals surface area contributed by atoms with E-state index < -0.39 is 5.97 Å². The van der Waals surface area contributed by atoms with Gasteiger partial charge >= 0.3 is 5.97 Å².